The zero-order chi connectivity index (χ0) is 22.9. The molecule has 164 valence electrons. The van der Waals surface area contributed by atoms with Gasteiger partial charge >= 0.3 is 10.1 Å². The van der Waals surface area contributed by atoms with Crippen molar-refractivity contribution in [2.45, 2.75) is 18.4 Å². The number of fused-ring (bicyclic) bond motifs is 1. The van der Waals surface area contributed by atoms with Gasteiger partial charge in [0, 0.05) is 18.6 Å². The van der Waals surface area contributed by atoms with Gasteiger partial charge in [0.1, 0.15) is 16.8 Å². The molecule has 1 N–H and O–H groups in total. The highest BCUT2D eigenvalue weighted by Crippen LogP contribution is 2.39. The Labute approximate surface area is 187 Å². The van der Waals surface area contributed by atoms with Crippen LogP contribution in [0.1, 0.15) is 11.3 Å². The van der Waals surface area contributed by atoms with Crippen LogP contribution >= 0.6 is 10.7 Å². The molecule has 1 unspecified atom stereocenters. The number of pyridine rings is 2. The molecule has 0 aliphatic carbocycles. The number of carboxylic acid groups (broad SMARTS) is 1. The van der Waals surface area contributed by atoms with Crippen LogP contribution in [-0.2, 0) is 16.6 Å². The van der Waals surface area contributed by atoms with Gasteiger partial charge in [0.05, 0.1) is 24.2 Å². The molecule has 0 aliphatic rings. The van der Waals surface area contributed by atoms with E-state index in [-0.39, 0.29) is 16.3 Å². The second kappa shape index (κ2) is 8.52. The number of nitrogens with zero attached hydrogens (tertiary/aromatic N) is 4. The molecule has 0 aliphatic heterocycles. The van der Waals surface area contributed by atoms with Gasteiger partial charge in [0.25, 0.3) is 10.0 Å². The van der Waals surface area contributed by atoms with Gasteiger partial charge in [0.2, 0.25) is 10.7 Å². The molecule has 4 rings (SSSR count). The van der Waals surface area contributed by atoms with E-state index in [9.17, 15) is 18.3 Å². The number of methoxy groups -OCH3 is 1. The number of hydrogen-bond donors (Lipinski definition) is 1. The fraction of sp³-hybridized carbons (Fsp3) is 0.143. The van der Waals surface area contributed by atoms with E-state index in [2.05, 4.69) is 14.3 Å². The van der Waals surface area contributed by atoms with Gasteiger partial charge in [-0.15, -0.1) is 0 Å². The molecule has 0 bridgehead atoms. The van der Waals surface area contributed by atoms with Crippen molar-refractivity contribution in [3.63, 3.8) is 0 Å². The molecular weight excluding hydrogens is 452 g/mol. The lowest BCUT2D eigenvalue weighted by molar-refractivity contribution is 0.221. The summed E-state index contributed by atoms with van der Waals surface area (Å²) in [4.78, 5) is 20.3. The lowest BCUT2D eigenvalue weighted by Crippen LogP contribution is -2.31. The molecular formula is C21H19N4O5S2+. The van der Waals surface area contributed by atoms with Crippen molar-refractivity contribution < 1.29 is 23.1 Å². The van der Waals surface area contributed by atoms with E-state index in [4.69, 9.17) is 4.74 Å². The minimum atomic E-state index is -4.04. The molecule has 0 saturated carbocycles. The molecule has 0 radical (unpaired) electrons. The molecule has 9 nitrogen and oxygen atoms in total. The van der Waals surface area contributed by atoms with Crippen LogP contribution in [0.3, 0.4) is 0 Å². The van der Waals surface area contributed by atoms with Gasteiger partial charge in [-0.3, -0.25) is 9.29 Å². The van der Waals surface area contributed by atoms with Crippen molar-refractivity contribution in [3.8, 4) is 5.75 Å². The third-order valence-electron chi connectivity index (χ3n) is 4.80. The van der Waals surface area contributed by atoms with Crippen LogP contribution in [-0.4, -0.2) is 40.3 Å². The summed E-state index contributed by atoms with van der Waals surface area (Å²) in [7, 11) is -4.03. The van der Waals surface area contributed by atoms with Crippen molar-refractivity contribution >= 4 is 41.9 Å². The standard InChI is InChI=1S/C21H18N4O5S2/c1-14-19-18(9-11-23-20(19)31(24-14)21(26)27)25(13-15-4-3-10-22-12-15)32(28,29)17-7-5-16(30-2)6-8-17/h3-12H,13H2,1-2H3/p+1. The first-order valence-corrected chi connectivity index (χ1v) is 12.0. The molecule has 0 amide bonds. The molecule has 0 spiro atoms. The van der Waals surface area contributed by atoms with Crippen LogP contribution < -0.4 is 9.04 Å². The Balaban J connectivity index is 1.93. The third kappa shape index (κ3) is 3.87. The summed E-state index contributed by atoms with van der Waals surface area (Å²) in [5.41, 5.74) is 1.40. The summed E-state index contributed by atoms with van der Waals surface area (Å²) in [5.74, 6) is 0.529. The lowest BCUT2D eigenvalue weighted by Gasteiger charge is -2.25. The Hall–Kier alpha value is -3.57. The van der Waals surface area contributed by atoms with E-state index in [1.54, 1.807) is 49.6 Å². The monoisotopic (exact) mass is 471 g/mol. The number of aryl methyl sites for hydroxylation is 1. The van der Waals surface area contributed by atoms with Crippen molar-refractivity contribution in [3.05, 3.63) is 72.3 Å². The quantitative estimate of drug-likeness (QED) is 0.401. The number of rotatable bonds is 7. The Morgan fingerprint density at radius 3 is 2.53 bits per heavy atom. The maximum Gasteiger partial charge on any atom is 0.578 e. The summed E-state index contributed by atoms with van der Waals surface area (Å²) in [6.07, 6.45) is 4.59. The molecule has 3 heterocycles. The predicted octanol–water partition coefficient (Wildman–Crippen LogP) is 4.01. The van der Waals surface area contributed by atoms with E-state index in [0.717, 1.165) is 0 Å². The van der Waals surface area contributed by atoms with Gasteiger partial charge in [-0.1, -0.05) is 6.07 Å². The first-order valence-electron chi connectivity index (χ1n) is 9.40. The minimum absolute atomic E-state index is 0.00716. The number of hydrogen-bond acceptors (Lipinski definition) is 7. The van der Waals surface area contributed by atoms with Gasteiger partial charge < -0.3 is 9.84 Å². The molecule has 4 aromatic rings. The number of benzene rings is 1. The van der Waals surface area contributed by atoms with E-state index < -0.39 is 26.0 Å². The van der Waals surface area contributed by atoms with Gasteiger partial charge in [0.15, 0.2) is 0 Å². The Morgan fingerprint density at radius 1 is 1.16 bits per heavy atom. The second-order valence-electron chi connectivity index (χ2n) is 6.79. The highest BCUT2D eigenvalue weighted by Gasteiger charge is 2.34. The average Bonchev–Trinajstić information content (AvgIpc) is 3.15. The number of carbonyl (C=O) groups is 1. The Kier molecular flexibility index (Phi) is 5.76. The SMILES string of the molecule is COc1ccc(S(=O)(=O)N(Cc2cccnc2)c2ccnc3c2c(C)n[s+]3C(=O)O)cc1. The Bertz CT molecular complexity index is 1390. The number of sulfonamides is 1. The zero-order valence-electron chi connectivity index (χ0n) is 17.2. The molecule has 3 aromatic heterocycles. The van der Waals surface area contributed by atoms with Crippen LogP contribution in [0.15, 0.2) is 66.0 Å². The maximum absolute atomic E-state index is 13.7. The summed E-state index contributed by atoms with van der Waals surface area (Å²) in [6, 6.07) is 11.1. The highest BCUT2D eigenvalue weighted by molar-refractivity contribution is 7.92. The van der Waals surface area contributed by atoms with Crippen LogP contribution in [0.4, 0.5) is 10.5 Å². The van der Waals surface area contributed by atoms with Crippen molar-refractivity contribution in [1.82, 2.24) is 14.3 Å². The molecule has 11 heteroatoms. The van der Waals surface area contributed by atoms with Crippen molar-refractivity contribution in [1.29, 1.82) is 0 Å². The van der Waals surface area contributed by atoms with Crippen molar-refractivity contribution in [2.75, 3.05) is 11.4 Å². The lowest BCUT2D eigenvalue weighted by atomic mass is 10.2. The molecule has 0 saturated heterocycles. The summed E-state index contributed by atoms with van der Waals surface area (Å²) >= 11 is 0. The van der Waals surface area contributed by atoms with E-state index in [1.807, 2.05) is 0 Å². The zero-order valence-corrected chi connectivity index (χ0v) is 18.8. The van der Waals surface area contributed by atoms with Gasteiger partial charge in [-0.25, -0.2) is 13.4 Å². The fourth-order valence-corrected chi connectivity index (χ4v) is 6.07. The van der Waals surface area contributed by atoms with Crippen LogP contribution in [0.5, 0.6) is 5.75 Å². The first-order chi connectivity index (χ1) is 15.3. The first kappa shape index (κ1) is 21.7. The summed E-state index contributed by atoms with van der Waals surface area (Å²) in [5, 5.41) is 8.84. The van der Waals surface area contributed by atoms with Crippen LogP contribution in [0.25, 0.3) is 10.2 Å². The van der Waals surface area contributed by atoms with E-state index in [0.29, 0.717) is 28.1 Å². The normalized spacial score (nSPS) is 12.0. The number of anilines is 1. The third-order valence-corrected chi connectivity index (χ3v) is 8.03. The summed E-state index contributed by atoms with van der Waals surface area (Å²) < 4.78 is 38.1. The summed E-state index contributed by atoms with van der Waals surface area (Å²) in [6.45, 7) is 1.65. The smallest absolute Gasteiger partial charge is 0.497 e. The van der Waals surface area contributed by atoms with E-state index >= 15 is 0 Å². The maximum atomic E-state index is 13.7. The highest BCUT2D eigenvalue weighted by atomic mass is 32.2. The molecule has 1 aromatic carbocycles. The minimum Gasteiger partial charge on any atom is -0.497 e. The molecule has 1 atom stereocenters. The van der Waals surface area contributed by atoms with E-state index in [1.165, 1.54) is 29.7 Å². The largest absolute Gasteiger partial charge is 0.578 e. The molecule has 0 fully saturated rings. The predicted molar refractivity (Wildman–Crippen MR) is 121 cm³/mol. The average molecular weight is 472 g/mol. The topological polar surface area (TPSA) is 123 Å². The van der Waals surface area contributed by atoms with Crippen LogP contribution in [0, 0.1) is 6.92 Å². The molecule has 32 heavy (non-hydrogen) atoms. The number of aromatic nitrogens is 3. The van der Waals surface area contributed by atoms with Crippen molar-refractivity contribution in [2.24, 2.45) is 0 Å². The van der Waals surface area contributed by atoms with Crippen LogP contribution in [0.2, 0.25) is 0 Å². The fourth-order valence-electron chi connectivity index (χ4n) is 3.31. The van der Waals surface area contributed by atoms with Gasteiger partial charge in [-0.2, -0.15) is 4.79 Å². The van der Waals surface area contributed by atoms with Gasteiger partial charge in [-0.05, 0) is 53.3 Å². The second-order valence-corrected chi connectivity index (χ2v) is 10.1. The Morgan fingerprint density at radius 2 is 1.91 bits per heavy atom. The number of ether oxygens (including phenoxy) is 1.